The molecule has 304 valence electrons. The van der Waals surface area contributed by atoms with Crippen LogP contribution in [-0.2, 0) is 0 Å². The van der Waals surface area contributed by atoms with Crippen LogP contribution in [0.1, 0.15) is 0 Å². The Labute approximate surface area is 378 Å². The fraction of sp³-hybridized carbons (Fsp3) is 0. The van der Waals surface area contributed by atoms with E-state index in [9.17, 15) is 0 Å². The Bertz CT molecular complexity index is 4500. The Morgan fingerprint density at radius 2 is 0.773 bits per heavy atom. The molecule has 12 aromatic carbocycles. The van der Waals surface area contributed by atoms with E-state index in [-0.39, 0.29) is 0 Å². The molecule has 66 heavy (non-hydrogen) atoms. The van der Waals surface area contributed by atoms with E-state index in [1.165, 1.54) is 97.6 Å². The maximum absolute atomic E-state index is 5.59. The standard InChI is InChI=1S/C62H36N4/c1-3-15-37(16-4-1)38-29-30-40-34-41(32-31-39(40)33-38)61-45-19-7-10-26-52(45)63-62(64-61)66-54-28-12-9-21-47(54)60-49-25-14-23-44-43-22-13-24-48-57(43)50(51(58(44)49)36-56(60)66)35-55-59(48)46-20-8-11-27-53(46)65(55)42-17-5-2-6-18-42/h1-36H. The average Bonchev–Trinajstić information content (AvgIpc) is 3.90. The van der Waals surface area contributed by atoms with Gasteiger partial charge in [-0.3, -0.25) is 4.57 Å². The van der Waals surface area contributed by atoms with E-state index >= 15 is 0 Å². The molecule has 3 heterocycles. The molecule has 0 saturated carbocycles. The van der Waals surface area contributed by atoms with Crippen LogP contribution in [0.25, 0.3) is 142 Å². The zero-order valence-electron chi connectivity index (χ0n) is 35.6. The number of rotatable bonds is 4. The number of aromatic nitrogens is 4. The summed E-state index contributed by atoms with van der Waals surface area (Å²) in [5.74, 6) is 0.651. The third-order valence-corrected chi connectivity index (χ3v) is 14.2. The zero-order chi connectivity index (χ0) is 43.0. The second kappa shape index (κ2) is 13.3. The van der Waals surface area contributed by atoms with E-state index < -0.39 is 0 Å². The van der Waals surface area contributed by atoms with Crippen LogP contribution in [0.3, 0.4) is 0 Å². The minimum Gasteiger partial charge on any atom is -0.309 e. The molecule has 0 atom stereocenters. The van der Waals surface area contributed by atoms with E-state index in [0.717, 1.165) is 38.9 Å². The van der Waals surface area contributed by atoms with Gasteiger partial charge in [-0.1, -0.05) is 164 Å². The van der Waals surface area contributed by atoms with Crippen molar-refractivity contribution in [2.75, 3.05) is 0 Å². The van der Waals surface area contributed by atoms with Crippen molar-refractivity contribution in [3.8, 4) is 34.0 Å². The van der Waals surface area contributed by atoms with Crippen molar-refractivity contribution >= 4 is 108 Å². The predicted octanol–water partition coefficient (Wildman–Crippen LogP) is 16.4. The topological polar surface area (TPSA) is 35.6 Å². The summed E-state index contributed by atoms with van der Waals surface area (Å²) in [5.41, 5.74) is 11.0. The molecule has 4 heteroatoms. The van der Waals surface area contributed by atoms with Gasteiger partial charge in [0.05, 0.1) is 33.3 Å². The number of nitrogens with zero attached hydrogens (tertiary/aromatic N) is 4. The first-order valence-corrected chi connectivity index (χ1v) is 22.7. The largest absolute Gasteiger partial charge is 0.309 e. The van der Waals surface area contributed by atoms with Gasteiger partial charge in [-0.15, -0.1) is 0 Å². The van der Waals surface area contributed by atoms with Gasteiger partial charge in [-0.25, -0.2) is 9.97 Å². The van der Waals surface area contributed by atoms with Crippen LogP contribution in [0.4, 0.5) is 0 Å². The summed E-state index contributed by atoms with van der Waals surface area (Å²) in [4.78, 5) is 11.0. The lowest BCUT2D eigenvalue weighted by Gasteiger charge is -2.17. The van der Waals surface area contributed by atoms with Gasteiger partial charge in [0.25, 0.3) is 0 Å². The smallest absolute Gasteiger partial charge is 0.235 e. The van der Waals surface area contributed by atoms with E-state index in [1.54, 1.807) is 0 Å². The van der Waals surface area contributed by atoms with Gasteiger partial charge in [-0.05, 0) is 120 Å². The van der Waals surface area contributed by atoms with Crippen molar-refractivity contribution in [2.24, 2.45) is 0 Å². The van der Waals surface area contributed by atoms with Crippen molar-refractivity contribution < 1.29 is 0 Å². The average molecular weight is 837 g/mol. The van der Waals surface area contributed by atoms with Crippen LogP contribution in [0.5, 0.6) is 0 Å². The molecule has 0 amide bonds. The molecule has 3 aromatic heterocycles. The van der Waals surface area contributed by atoms with Gasteiger partial charge in [0.2, 0.25) is 5.95 Å². The fourth-order valence-electron chi connectivity index (χ4n) is 11.4. The highest BCUT2D eigenvalue weighted by Gasteiger charge is 2.24. The Morgan fingerprint density at radius 3 is 1.44 bits per heavy atom. The molecule has 0 aliphatic heterocycles. The number of para-hydroxylation sites is 4. The molecule has 0 aliphatic rings. The molecule has 0 aliphatic carbocycles. The third-order valence-electron chi connectivity index (χ3n) is 14.2. The fourth-order valence-corrected chi connectivity index (χ4v) is 11.4. The molecular weight excluding hydrogens is 801 g/mol. The molecule has 0 fully saturated rings. The SMILES string of the molecule is c1ccc(-c2ccc3cc(-c4nc(-n5c6ccccc6c6c7cccc8c9cccc%10c9c(cc9c%10c%10ccccc%10n9-c9ccccc9)c(cc65)c87)nc5ccccc45)ccc3c2)cc1. The third kappa shape index (κ3) is 4.87. The molecule has 0 saturated heterocycles. The predicted molar refractivity (Wildman–Crippen MR) is 278 cm³/mol. The number of hydrogen-bond donors (Lipinski definition) is 0. The van der Waals surface area contributed by atoms with Crippen molar-refractivity contribution in [1.29, 1.82) is 0 Å². The number of fused-ring (bicyclic) bond motifs is 12. The van der Waals surface area contributed by atoms with Crippen LogP contribution in [-0.4, -0.2) is 19.1 Å². The summed E-state index contributed by atoms with van der Waals surface area (Å²) < 4.78 is 4.76. The highest BCUT2D eigenvalue weighted by molar-refractivity contribution is 6.41. The Balaban J connectivity index is 1.05. The molecule has 0 unspecified atom stereocenters. The Kier molecular flexibility index (Phi) is 7.19. The van der Waals surface area contributed by atoms with Gasteiger partial charge in [0.15, 0.2) is 0 Å². The van der Waals surface area contributed by atoms with Crippen LogP contribution in [0, 0.1) is 0 Å². The van der Waals surface area contributed by atoms with Crippen molar-refractivity contribution in [2.45, 2.75) is 0 Å². The normalized spacial score (nSPS) is 12.2. The first kappa shape index (κ1) is 35.6. The van der Waals surface area contributed by atoms with Gasteiger partial charge in [0.1, 0.15) is 0 Å². The van der Waals surface area contributed by atoms with Gasteiger partial charge in [-0.2, -0.15) is 0 Å². The first-order valence-electron chi connectivity index (χ1n) is 22.7. The molecule has 4 nitrogen and oxygen atoms in total. The first-order chi connectivity index (χ1) is 32.7. The summed E-state index contributed by atoms with van der Waals surface area (Å²) in [6.07, 6.45) is 0. The van der Waals surface area contributed by atoms with Gasteiger partial charge in [0, 0.05) is 38.2 Å². The van der Waals surface area contributed by atoms with Crippen molar-refractivity contribution in [1.82, 2.24) is 19.1 Å². The molecule has 15 rings (SSSR count). The van der Waals surface area contributed by atoms with Crippen molar-refractivity contribution in [3.63, 3.8) is 0 Å². The van der Waals surface area contributed by atoms with Gasteiger partial charge >= 0.3 is 0 Å². The highest BCUT2D eigenvalue weighted by Crippen LogP contribution is 2.49. The summed E-state index contributed by atoms with van der Waals surface area (Å²) in [5, 5.41) is 18.4. The molecule has 0 bridgehead atoms. The van der Waals surface area contributed by atoms with Gasteiger partial charge < -0.3 is 4.57 Å². The molecular formula is C62H36N4. The summed E-state index contributed by atoms with van der Waals surface area (Å²) >= 11 is 0. The molecule has 0 radical (unpaired) electrons. The lowest BCUT2D eigenvalue weighted by molar-refractivity contribution is 1.01. The number of benzene rings is 12. The summed E-state index contributed by atoms with van der Waals surface area (Å²) in [6.45, 7) is 0. The molecule has 0 spiro atoms. The van der Waals surface area contributed by atoms with Crippen molar-refractivity contribution in [3.05, 3.63) is 218 Å². The van der Waals surface area contributed by atoms with Crippen LogP contribution in [0.2, 0.25) is 0 Å². The van der Waals surface area contributed by atoms with Crippen LogP contribution < -0.4 is 0 Å². The minimum atomic E-state index is 0.651. The van der Waals surface area contributed by atoms with E-state index in [1.807, 2.05) is 0 Å². The molecule has 0 N–H and O–H groups in total. The van der Waals surface area contributed by atoms with Crippen LogP contribution in [0.15, 0.2) is 218 Å². The van der Waals surface area contributed by atoms with E-state index in [0.29, 0.717) is 5.95 Å². The van der Waals surface area contributed by atoms with E-state index in [4.69, 9.17) is 9.97 Å². The Hall–Kier alpha value is -8.86. The Morgan fingerprint density at radius 1 is 0.273 bits per heavy atom. The minimum absolute atomic E-state index is 0.651. The second-order valence-electron chi connectivity index (χ2n) is 17.7. The summed E-state index contributed by atoms with van der Waals surface area (Å²) in [7, 11) is 0. The van der Waals surface area contributed by atoms with Crippen LogP contribution >= 0.6 is 0 Å². The quantitative estimate of drug-likeness (QED) is 0.131. The maximum atomic E-state index is 5.59. The summed E-state index contributed by atoms with van der Waals surface area (Å²) in [6, 6.07) is 79.6. The number of hydrogen-bond acceptors (Lipinski definition) is 2. The maximum Gasteiger partial charge on any atom is 0.235 e. The lowest BCUT2D eigenvalue weighted by atomic mass is 9.87. The monoisotopic (exact) mass is 836 g/mol. The van der Waals surface area contributed by atoms with E-state index in [2.05, 4.69) is 228 Å². The lowest BCUT2D eigenvalue weighted by Crippen LogP contribution is -2.03. The zero-order valence-corrected chi connectivity index (χ0v) is 35.6. The highest BCUT2D eigenvalue weighted by atomic mass is 15.2. The second-order valence-corrected chi connectivity index (χ2v) is 17.7. The molecule has 15 aromatic rings.